The number of pyridine rings is 1. The predicted molar refractivity (Wildman–Crippen MR) is 73.5 cm³/mol. The molecule has 0 radical (unpaired) electrons. The van der Waals surface area contributed by atoms with Crippen LogP contribution in [-0.2, 0) is 11.3 Å². The average molecular weight is 258 g/mol. The number of nitrogens with two attached hydrogens (primary N) is 1. The molecule has 1 aliphatic rings. The molecule has 100 valence electrons. The van der Waals surface area contributed by atoms with Crippen molar-refractivity contribution in [3.8, 4) is 11.3 Å². The zero-order valence-electron chi connectivity index (χ0n) is 10.8. The molecule has 19 heavy (non-hydrogen) atoms. The topological polar surface area (TPSA) is 66.0 Å². The molecule has 0 amide bonds. The second kappa shape index (κ2) is 5.40. The Bertz CT molecular complexity index is 546. The summed E-state index contributed by atoms with van der Waals surface area (Å²) in [7, 11) is 0. The van der Waals surface area contributed by atoms with Crippen LogP contribution in [0.3, 0.4) is 0 Å². The molecule has 0 aliphatic carbocycles. The summed E-state index contributed by atoms with van der Waals surface area (Å²) in [5.41, 5.74) is 7.86. The molecule has 1 aliphatic heterocycles. The average Bonchev–Trinajstić information content (AvgIpc) is 2.88. The third-order valence-corrected chi connectivity index (χ3v) is 3.50. The highest BCUT2D eigenvalue weighted by Crippen LogP contribution is 2.25. The molecule has 3 rings (SSSR count). The van der Waals surface area contributed by atoms with Crippen LogP contribution in [0, 0.1) is 0 Å². The molecular weight excluding hydrogens is 240 g/mol. The summed E-state index contributed by atoms with van der Waals surface area (Å²) in [5.74, 6) is 0.536. The number of ether oxygens (including phenoxy) is 1. The van der Waals surface area contributed by atoms with E-state index in [1.807, 2.05) is 24.7 Å². The summed E-state index contributed by atoms with van der Waals surface area (Å²) in [6.45, 7) is 1.69. The van der Waals surface area contributed by atoms with Crippen LogP contribution >= 0.6 is 0 Å². The predicted octanol–water partition coefficient (Wildman–Crippen LogP) is 2.10. The van der Waals surface area contributed by atoms with Crippen LogP contribution < -0.4 is 5.73 Å². The van der Waals surface area contributed by atoms with Crippen molar-refractivity contribution in [2.45, 2.75) is 31.9 Å². The Morgan fingerprint density at radius 1 is 1.42 bits per heavy atom. The molecule has 1 unspecified atom stereocenters. The van der Waals surface area contributed by atoms with Crippen molar-refractivity contribution in [3.63, 3.8) is 0 Å². The Morgan fingerprint density at radius 3 is 3.16 bits per heavy atom. The molecule has 0 spiro atoms. The highest BCUT2D eigenvalue weighted by atomic mass is 16.5. The van der Waals surface area contributed by atoms with E-state index < -0.39 is 0 Å². The first kappa shape index (κ1) is 12.2. The molecule has 0 saturated carbocycles. The van der Waals surface area contributed by atoms with Gasteiger partial charge >= 0.3 is 0 Å². The van der Waals surface area contributed by atoms with Gasteiger partial charge in [-0.25, -0.2) is 9.97 Å². The maximum Gasteiger partial charge on any atom is 0.132 e. The fraction of sp³-hybridized carbons (Fsp3) is 0.429. The van der Waals surface area contributed by atoms with Crippen molar-refractivity contribution in [2.24, 2.45) is 0 Å². The second-order valence-corrected chi connectivity index (χ2v) is 4.86. The molecule has 0 aromatic carbocycles. The maximum absolute atomic E-state index is 5.93. The highest BCUT2D eigenvalue weighted by molar-refractivity contribution is 5.70. The third kappa shape index (κ3) is 2.61. The van der Waals surface area contributed by atoms with Gasteiger partial charge in [-0.05, 0) is 31.4 Å². The summed E-state index contributed by atoms with van der Waals surface area (Å²) in [5, 5.41) is 0. The minimum absolute atomic E-state index is 0.277. The fourth-order valence-corrected chi connectivity index (χ4v) is 2.50. The van der Waals surface area contributed by atoms with Crippen molar-refractivity contribution in [1.82, 2.24) is 14.5 Å². The SMILES string of the molecule is Nc1ncccc1-c1cncn1CC1CCCCO1. The first-order valence-electron chi connectivity index (χ1n) is 6.67. The van der Waals surface area contributed by atoms with Gasteiger partial charge in [0, 0.05) is 18.4 Å². The van der Waals surface area contributed by atoms with Crippen LogP contribution in [0.15, 0.2) is 30.9 Å². The molecule has 2 N–H and O–H groups in total. The fourth-order valence-electron chi connectivity index (χ4n) is 2.50. The Labute approximate surface area is 112 Å². The number of nitrogens with zero attached hydrogens (tertiary/aromatic N) is 3. The number of imidazole rings is 1. The molecule has 5 nitrogen and oxygen atoms in total. The minimum Gasteiger partial charge on any atom is -0.383 e. The summed E-state index contributed by atoms with van der Waals surface area (Å²) in [6, 6.07) is 3.86. The van der Waals surface area contributed by atoms with Crippen LogP contribution in [0.4, 0.5) is 5.82 Å². The van der Waals surface area contributed by atoms with Crippen molar-refractivity contribution in [2.75, 3.05) is 12.3 Å². The van der Waals surface area contributed by atoms with E-state index in [-0.39, 0.29) is 6.10 Å². The molecule has 0 bridgehead atoms. The van der Waals surface area contributed by atoms with Crippen LogP contribution in [0.2, 0.25) is 0 Å². The van der Waals surface area contributed by atoms with Gasteiger partial charge in [-0.1, -0.05) is 0 Å². The van der Waals surface area contributed by atoms with E-state index in [0.717, 1.165) is 30.8 Å². The molecular formula is C14H18N4O. The van der Waals surface area contributed by atoms with E-state index in [1.165, 1.54) is 12.8 Å². The lowest BCUT2D eigenvalue weighted by Crippen LogP contribution is -2.24. The quantitative estimate of drug-likeness (QED) is 0.915. The van der Waals surface area contributed by atoms with Gasteiger partial charge in [-0.2, -0.15) is 0 Å². The molecule has 1 fully saturated rings. The van der Waals surface area contributed by atoms with Crippen molar-refractivity contribution >= 4 is 5.82 Å². The molecule has 2 aromatic rings. The van der Waals surface area contributed by atoms with E-state index in [4.69, 9.17) is 10.5 Å². The van der Waals surface area contributed by atoms with Crippen LogP contribution in [0.5, 0.6) is 0 Å². The highest BCUT2D eigenvalue weighted by Gasteiger charge is 2.17. The molecule has 1 saturated heterocycles. The zero-order valence-corrected chi connectivity index (χ0v) is 10.8. The van der Waals surface area contributed by atoms with E-state index in [9.17, 15) is 0 Å². The second-order valence-electron chi connectivity index (χ2n) is 4.86. The van der Waals surface area contributed by atoms with Crippen LogP contribution in [0.1, 0.15) is 19.3 Å². The Morgan fingerprint density at radius 2 is 2.37 bits per heavy atom. The smallest absolute Gasteiger partial charge is 0.132 e. The summed E-state index contributed by atoms with van der Waals surface area (Å²) in [4.78, 5) is 8.36. The van der Waals surface area contributed by atoms with Gasteiger partial charge in [0.15, 0.2) is 0 Å². The lowest BCUT2D eigenvalue weighted by Gasteiger charge is -2.23. The van der Waals surface area contributed by atoms with Crippen LogP contribution in [-0.4, -0.2) is 27.2 Å². The van der Waals surface area contributed by atoms with E-state index in [0.29, 0.717) is 5.82 Å². The number of aromatic nitrogens is 3. The Kier molecular flexibility index (Phi) is 3.46. The Hall–Kier alpha value is -1.88. The lowest BCUT2D eigenvalue weighted by atomic mass is 10.1. The van der Waals surface area contributed by atoms with E-state index >= 15 is 0 Å². The maximum atomic E-state index is 5.93. The standard InChI is InChI=1S/C14H18N4O/c15-14-12(5-3-6-17-14)13-8-16-10-18(13)9-11-4-1-2-7-19-11/h3,5-6,8,10-11H,1-2,4,7,9H2,(H2,15,17). The number of rotatable bonds is 3. The Balaban J connectivity index is 1.84. The molecule has 3 heterocycles. The summed E-state index contributed by atoms with van der Waals surface area (Å²) in [6.07, 6.45) is 9.16. The zero-order chi connectivity index (χ0) is 13.1. The molecule has 5 heteroatoms. The van der Waals surface area contributed by atoms with Crippen molar-refractivity contribution in [1.29, 1.82) is 0 Å². The minimum atomic E-state index is 0.277. The van der Waals surface area contributed by atoms with Crippen molar-refractivity contribution < 1.29 is 4.74 Å². The first-order chi connectivity index (χ1) is 9.34. The largest absolute Gasteiger partial charge is 0.383 e. The van der Waals surface area contributed by atoms with Gasteiger partial charge in [0.05, 0.1) is 30.9 Å². The van der Waals surface area contributed by atoms with Gasteiger partial charge in [0.1, 0.15) is 5.82 Å². The number of anilines is 1. The lowest BCUT2D eigenvalue weighted by molar-refractivity contribution is 0.00622. The molecule has 2 aromatic heterocycles. The van der Waals surface area contributed by atoms with E-state index in [2.05, 4.69) is 14.5 Å². The third-order valence-electron chi connectivity index (χ3n) is 3.50. The summed E-state index contributed by atoms with van der Waals surface area (Å²) < 4.78 is 7.88. The van der Waals surface area contributed by atoms with Gasteiger partial charge in [-0.15, -0.1) is 0 Å². The van der Waals surface area contributed by atoms with Gasteiger partial charge in [-0.3, -0.25) is 0 Å². The monoisotopic (exact) mass is 258 g/mol. The molecule has 1 atom stereocenters. The first-order valence-corrected chi connectivity index (χ1v) is 6.67. The van der Waals surface area contributed by atoms with Gasteiger partial charge in [0.25, 0.3) is 0 Å². The van der Waals surface area contributed by atoms with Crippen LogP contribution in [0.25, 0.3) is 11.3 Å². The summed E-state index contributed by atoms with van der Waals surface area (Å²) >= 11 is 0. The normalized spacial score (nSPS) is 19.5. The van der Waals surface area contributed by atoms with Gasteiger partial charge in [0.2, 0.25) is 0 Å². The number of hydrogen-bond donors (Lipinski definition) is 1. The van der Waals surface area contributed by atoms with Crippen molar-refractivity contribution in [3.05, 3.63) is 30.9 Å². The number of hydrogen-bond acceptors (Lipinski definition) is 4. The number of nitrogen functional groups attached to an aromatic ring is 1. The van der Waals surface area contributed by atoms with Gasteiger partial charge < -0.3 is 15.0 Å². The van der Waals surface area contributed by atoms with E-state index in [1.54, 1.807) is 6.20 Å².